The van der Waals surface area contributed by atoms with Crippen molar-refractivity contribution in [3.8, 4) is 0 Å². The molecule has 1 aliphatic rings. The molecular formula is C15H29N. The van der Waals surface area contributed by atoms with Crippen molar-refractivity contribution in [1.29, 1.82) is 0 Å². The van der Waals surface area contributed by atoms with Gasteiger partial charge in [0, 0.05) is 0 Å². The Morgan fingerprint density at radius 1 is 1.00 bits per heavy atom. The van der Waals surface area contributed by atoms with Crippen LogP contribution >= 0.6 is 0 Å². The summed E-state index contributed by atoms with van der Waals surface area (Å²) >= 11 is 0. The zero-order valence-corrected chi connectivity index (χ0v) is 11.1. The van der Waals surface area contributed by atoms with Gasteiger partial charge in [-0.15, -0.1) is 0 Å². The smallest absolute Gasteiger partial charge is 0.00116 e. The third-order valence-electron chi connectivity index (χ3n) is 3.47. The van der Waals surface area contributed by atoms with E-state index in [0.29, 0.717) is 0 Å². The molecule has 1 fully saturated rings. The largest absolute Gasteiger partial charge is 0.316 e. The molecule has 94 valence electrons. The summed E-state index contributed by atoms with van der Waals surface area (Å²) in [7, 11) is 0. The van der Waals surface area contributed by atoms with Gasteiger partial charge in [0.15, 0.2) is 0 Å². The molecule has 1 aliphatic heterocycles. The van der Waals surface area contributed by atoms with Crippen molar-refractivity contribution in [1.82, 2.24) is 5.32 Å². The summed E-state index contributed by atoms with van der Waals surface area (Å²) in [4.78, 5) is 0. The van der Waals surface area contributed by atoms with Gasteiger partial charge in [0.2, 0.25) is 0 Å². The molecular weight excluding hydrogens is 194 g/mol. The molecule has 0 spiro atoms. The molecule has 0 aliphatic carbocycles. The van der Waals surface area contributed by atoms with E-state index in [0.717, 1.165) is 0 Å². The lowest BCUT2D eigenvalue weighted by atomic mass is 10.0. The predicted octanol–water partition coefficient (Wildman–Crippen LogP) is 4.44. The monoisotopic (exact) mass is 223 g/mol. The fourth-order valence-electron chi connectivity index (χ4n) is 2.37. The molecule has 0 unspecified atom stereocenters. The lowest BCUT2D eigenvalue weighted by Crippen LogP contribution is -2.13. The molecule has 0 bridgehead atoms. The van der Waals surface area contributed by atoms with Gasteiger partial charge in [-0.2, -0.15) is 0 Å². The Morgan fingerprint density at radius 2 is 1.81 bits per heavy atom. The molecule has 0 saturated carbocycles. The number of allylic oxidation sites excluding steroid dienone is 1. The van der Waals surface area contributed by atoms with Crippen molar-refractivity contribution in [2.24, 2.45) is 0 Å². The summed E-state index contributed by atoms with van der Waals surface area (Å²) in [6, 6.07) is 0. The quantitative estimate of drug-likeness (QED) is 0.497. The van der Waals surface area contributed by atoms with Crippen molar-refractivity contribution in [3.63, 3.8) is 0 Å². The second kappa shape index (κ2) is 9.89. The lowest BCUT2D eigenvalue weighted by molar-refractivity contribution is 0.610. The molecule has 0 amide bonds. The standard InChI is InChI=1S/C15H29N/c1-2-3-4-5-6-7-8-10-15-11-9-13-16-14-12-15/h10,16H,2-9,11-14H2,1H3/b15-10-. The Bertz CT molecular complexity index is 174. The van der Waals surface area contributed by atoms with Gasteiger partial charge in [0.25, 0.3) is 0 Å². The second-order valence-corrected chi connectivity index (χ2v) is 5.02. The predicted molar refractivity (Wildman–Crippen MR) is 72.8 cm³/mol. The van der Waals surface area contributed by atoms with E-state index in [-0.39, 0.29) is 0 Å². The molecule has 0 aromatic carbocycles. The van der Waals surface area contributed by atoms with Crippen molar-refractivity contribution in [3.05, 3.63) is 11.6 Å². The van der Waals surface area contributed by atoms with Crippen LogP contribution < -0.4 is 5.32 Å². The summed E-state index contributed by atoms with van der Waals surface area (Å²) in [5, 5.41) is 3.46. The number of rotatable bonds is 7. The molecule has 1 heterocycles. The third kappa shape index (κ3) is 7.05. The molecule has 1 N–H and O–H groups in total. The lowest BCUT2D eigenvalue weighted by Gasteiger charge is -2.02. The van der Waals surface area contributed by atoms with Gasteiger partial charge in [-0.25, -0.2) is 0 Å². The van der Waals surface area contributed by atoms with Crippen LogP contribution in [0.2, 0.25) is 0 Å². The maximum Gasteiger partial charge on any atom is -0.00116 e. The van der Waals surface area contributed by atoms with Gasteiger partial charge in [-0.05, 0) is 45.2 Å². The van der Waals surface area contributed by atoms with E-state index in [1.165, 1.54) is 77.3 Å². The van der Waals surface area contributed by atoms with Crippen molar-refractivity contribution in [2.45, 2.75) is 71.1 Å². The zero-order chi connectivity index (χ0) is 11.5. The third-order valence-corrected chi connectivity index (χ3v) is 3.47. The van der Waals surface area contributed by atoms with Crippen LogP contribution in [0.5, 0.6) is 0 Å². The highest BCUT2D eigenvalue weighted by molar-refractivity contribution is 5.03. The van der Waals surface area contributed by atoms with E-state index in [2.05, 4.69) is 18.3 Å². The fourth-order valence-corrected chi connectivity index (χ4v) is 2.37. The molecule has 0 aromatic heterocycles. The normalized spacial score (nSPS) is 19.9. The molecule has 0 aromatic rings. The fraction of sp³-hybridized carbons (Fsp3) is 0.867. The maximum absolute atomic E-state index is 3.46. The number of nitrogens with one attached hydrogen (secondary N) is 1. The van der Waals surface area contributed by atoms with Gasteiger partial charge in [-0.3, -0.25) is 0 Å². The van der Waals surface area contributed by atoms with Gasteiger partial charge in [-0.1, -0.05) is 50.7 Å². The summed E-state index contributed by atoms with van der Waals surface area (Å²) in [6.07, 6.45) is 16.3. The Hall–Kier alpha value is -0.300. The Labute approximate surface area is 102 Å². The average molecular weight is 223 g/mol. The molecule has 16 heavy (non-hydrogen) atoms. The van der Waals surface area contributed by atoms with Crippen LogP contribution in [0.3, 0.4) is 0 Å². The molecule has 0 radical (unpaired) electrons. The van der Waals surface area contributed by atoms with Crippen molar-refractivity contribution >= 4 is 0 Å². The van der Waals surface area contributed by atoms with E-state index in [4.69, 9.17) is 0 Å². The van der Waals surface area contributed by atoms with Crippen LogP contribution in [-0.2, 0) is 0 Å². The number of hydrogen-bond donors (Lipinski definition) is 1. The highest BCUT2D eigenvalue weighted by Gasteiger charge is 2.02. The first kappa shape index (κ1) is 13.8. The topological polar surface area (TPSA) is 12.0 Å². The van der Waals surface area contributed by atoms with E-state index in [1.54, 1.807) is 5.57 Å². The zero-order valence-electron chi connectivity index (χ0n) is 11.1. The van der Waals surface area contributed by atoms with E-state index >= 15 is 0 Å². The Morgan fingerprint density at radius 3 is 2.69 bits per heavy atom. The molecule has 1 rings (SSSR count). The van der Waals surface area contributed by atoms with Gasteiger partial charge in [0.05, 0.1) is 0 Å². The van der Waals surface area contributed by atoms with Crippen LogP contribution in [0.1, 0.15) is 71.1 Å². The molecule has 0 atom stereocenters. The van der Waals surface area contributed by atoms with E-state index in [9.17, 15) is 0 Å². The van der Waals surface area contributed by atoms with E-state index < -0.39 is 0 Å². The highest BCUT2D eigenvalue weighted by atomic mass is 14.8. The highest BCUT2D eigenvalue weighted by Crippen LogP contribution is 2.15. The molecule has 1 heteroatoms. The van der Waals surface area contributed by atoms with Gasteiger partial charge in [0.1, 0.15) is 0 Å². The first-order valence-electron chi connectivity index (χ1n) is 7.32. The van der Waals surface area contributed by atoms with Crippen LogP contribution in [0.25, 0.3) is 0 Å². The van der Waals surface area contributed by atoms with Crippen LogP contribution in [-0.4, -0.2) is 13.1 Å². The number of hydrogen-bond acceptors (Lipinski definition) is 1. The summed E-state index contributed by atoms with van der Waals surface area (Å²) < 4.78 is 0. The summed E-state index contributed by atoms with van der Waals surface area (Å²) in [6.45, 7) is 4.70. The SMILES string of the molecule is CCCCCCCC/C=C1/CCCNCC1. The first-order valence-corrected chi connectivity index (χ1v) is 7.32. The molecule has 1 saturated heterocycles. The molecule has 1 nitrogen and oxygen atoms in total. The minimum Gasteiger partial charge on any atom is -0.316 e. The van der Waals surface area contributed by atoms with Crippen molar-refractivity contribution in [2.75, 3.05) is 13.1 Å². The summed E-state index contributed by atoms with van der Waals surface area (Å²) in [5.74, 6) is 0. The van der Waals surface area contributed by atoms with Crippen LogP contribution in [0.15, 0.2) is 11.6 Å². The Kier molecular flexibility index (Phi) is 8.51. The average Bonchev–Trinajstić information content (AvgIpc) is 2.56. The maximum atomic E-state index is 3.46. The minimum atomic E-state index is 1.20. The van der Waals surface area contributed by atoms with Crippen molar-refractivity contribution < 1.29 is 0 Å². The second-order valence-electron chi connectivity index (χ2n) is 5.02. The minimum absolute atomic E-state index is 1.20. The summed E-state index contributed by atoms with van der Waals surface area (Å²) in [5.41, 5.74) is 1.71. The van der Waals surface area contributed by atoms with E-state index in [1.807, 2.05) is 0 Å². The van der Waals surface area contributed by atoms with Crippen LogP contribution in [0, 0.1) is 0 Å². The van der Waals surface area contributed by atoms with Gasteiger partial charge < -0.3 is 5.32 Å². The number of unbranched alkanes of at least 4 members (excludes halogenated alkanes) is 6. The first-order chi connectivity index (χ1) is 7.93. The van der Waals surface area contributed by atoms with Gasteiger partial charge >= 0.3 is 0 Å². The van der Waals surface area contributed by atoms with Crippen LogP contribution in [0.4, 0.5) is 0 Å². The Balaban J connectivity index is 1.97.